The van der Waals surface area contributed by atoms with Crippen LogP contribution in [0.15, 0.2) is 54.6 Å². The van der Waals surface area contributed by atoms with Crippen LogP contribution in [0.1, 0.15) is 69.8 Å². The van der Waals surface area contributed by atoms with Gasteiger partial charge in [-0.3, -0.25) is 4.79 Å². The lowest BCUT2D eigenvalue weighted by molar-refractivity contribution is -0.136. The highest BCUT2D eigenvalue weighted by Gasteiger charge is 2.29. The van der Waals surface area contributed by atoms with Gasteiger partial charge in [0.2, 0.25) is 0 Å². The van der Waals surface area contributed by atoms with Crippen LogP contribution in [0.2, 0.25) is 0 Å². The van der Waals surface area contributed by atoms with Gasteiger partial charge < -0.3 is 14.6 Å². The second kappa shape index (κ2) is 13.0. The first-order valence-electron chi connectivity index (χ1n) is 13.1. The number of hydrogen-bond donors (Lipinski definition) is 1. The van der Waals surface area contributed by atoms with E-state index in [9.17, 15) is 13.6 Å². The highest BCUT2D eigenvalue weighted by molar-refractivity contribution is 5.70. The first kappa shape index (κ1) is 30.1. The summed E-state index contributed by atoms with van der Waals surface area (Å²) in [5, 5.41) is 8.85. The average Bonchev–Trinajstić information content (AvgIpc) is 3.69. The monoisotopic (exact) mass is 542 g/mol. The van der Waals surface area contributed by atoms with Crippen LogP contribution in [0.5, 0.6) is 11.5 Å². The zero-order valence-corrected chi connectivity index (χ0v) is 23.2. The third kappa shape index (κ3) is 8.50. The zero-order valence-electron chi connectivity index (χ0n) is 23.2. The van der Waals surface area contributed by atoms with Crippen LogP contribution in [0.3, 0.4) is 0 Å². The van der Waals surface area contributed by atoms with Gasteiger partial charge in [0.25, 0.3) is 0 Å². The molecule has 0 amide bonds. The van der Waals surface area contributed by atoms with Crippen molar-refractivity contribution < 1.29 is 32.5 Å². The maximum Gasteiger partial charge on any atom is 0.303 e. The molecular formula is C32H37F3O4. The summed E-state index contributed by atoms with van der Waals surface area (Å²) in [5.74, 6) is -0.635. The van der Waals surface area contributed by atoms with Crippen molar-refractivity contribution >= 4 is 5.97 Å². The summed E-state index contributed by atoms with van der Waals surface area (Å²) in [6.45, 7) is 7.49. The third-order valence-corrected chi connectivity index (χ3v) is 6.52. The fourth-order valence-corrected chi connectivity index (χ4v) is 3.89. The Morgan fingerprint density at radius 1 is 1.05 bits per heavy atom. The molecule has 1 saturated carbocycles. The number of rotatable bonds is 9. The van der Waals surface area contributed by atoms with E-state index in [1.165, 1.54) is 50.3 Å². The Bertz CT molecular complexity index is 1280. The highest BCUT2D eigenvalue weighted by atomic mass is 19.1. The first-order chi connectivity index (χ1) is 18.4. The molecule has 3 aromatic rings. The molecule has 1 unspecified atom stereocenters. The number of carboxylic acids is 1. The van der Waals surface area contributed by atoms with E-state index in [1.807, 2.05) is 0 Å². The van der Waals surface area contributed by atoms with Gasteiger partial charge in [0, 0.05) is 12.0 Å². The van der Waals surface area contributed by atoms with E-state index in [2.05, 4.69) is 6.92 Å². The van der Waals surface area contributed by atoms with E-state index in [1.54, 1.807) is 45.0 Å². The summed E-state index contributed by atoms with van der Waals surface area (Å²) in [5.41, 5.74) is 0.973. The molecule has 1 aliphatic rings. The number of hydrogen-bond acceptors (Lipinski definition) is 3. The summed E-state index contributed by atoms with van der Waals surface area (Å²) in [6.07, 6.45) is 1.40. The molecule has 1 aliphatic carbocycles. The van der Waals surface area contributed by atoms with Crippen LogP contribution >= 0.6 is 0 Å². The van der Waals surface area contributed by atoms with E-state index >= 15 is 4.39 Å². The van der Waals surface area contributed by atoms with Crippen LogP contribution in [-0.2, 0) is 17.8 Å². The second-order valence-electron chi connectivity index (χ2n) is 11.1. The summed E-state index contributed by atoms with van der Waals surface area (Å²) in [6, 6.07) is 13.8. The van der Waals surface area contributed by atoms with Crippen LogP contribution < -0.4 is 9.47 Å². The molecule has 210 valence electrons. The molecule has 4 rings (SSSR count). The summed E-state index contributed by atoms with van der Waals surface area (Å²) >= 11 is 0. The van der Waals surface area contributed by atoms with E-state index in [0.29, 0.717) is 22.4 Å². The molecule has 3 aromatic carbocycles. The van der Waals surface area contributed by atoms with Crippen LogP contribution in [0.4, 0.5) is 13.2 Å². The highest BCUT2D eigenvalue weighted by Crippen LogP contribution is 2.42. The van der Waals surface area contributed by atoms with Gasteiger partial charge >= 0.3 is 5.97 Å². The number of methoxy groups -OCH3 is 1. The van der Waals surface area contributed by atoms with Gasteiger partial charge in [-0.15, -0.1) is 0 Å². The molecule has 0 aromatic heterocycles. The lowest BCUT2D eigenvalue weighted by Gasteiger charge is -2.27. The predicted octanol–water partition coefficient (Wildman–Crippen LogP) is 8.71. The molecule has 0 bridgehead atoms. The number of aryl methyl sites for hydroxylation is 1. The molecule has 1 atom stereocenters. The normalized spacial score (nSPS) is 13.7. The van der Waals surface area contributed by atoms with Crippen LogP contribution in [0, 0.1) is 23.0 Å². The smallest absolute Gasteiger partial charge is 0.303 e. The fraction of sp³-hybridized carbons (Fsp3) is 0.406. The Hall–Kier alpha value is -3.48. The largest absolute Gasteiger partial charge is 0.497 e. The molecule has 4 nitrogen and oxygen atoms in total. The number of alkyl halides is 1. The summed E-state index contributed by atoms with van der Waals surface area (Å²) in [7, 11) is 1.47. The average molecular weight is 543 g/mol. The molecule has 0 aliphatic heterocycles. The fourth-order valence-electron chi connectivity index (χ4n) is 3.89. The van der Waals surface area contributed by atoms with E-state index in [-0.39, 0.29) is 36.3 Å². The number of carboxylic acid groups (broad SMARTS) is 1. The van der Waals surface area contributed by atoms with E-state index in [4.69, 9.17) is 14.6 Å². The van der Waals surface area contributed by atoms with Crippen molar-refractivity contribution in [3.8, 4) is 22.6 Å². The van der Waals surface area contributed by atoms with Crippen molar-refractivity contribution in [2.75, 3.05) is 7.11 Å². The minimum Gasteiger partial charge on any atom is -0.497 e. The molecule has 0 radical (unpaired) electrons. The van der Waals surface area contributed by atoms with E-state index < -0.39 is 29.2 Å². The molecule has 7 heteroatoms. The van der Waals surface area contributed by atoms with Crippen molar-refractivity contribution in [2.24, 2.45) is 11.3 Å². The van der Waals surface area contributed by atoms with Gasteiger partial charge in [0.15, 0.2) is 11.6 Å². The number of carbonyl (C=O) groups is 1. The molecule has 0 saturated heterocycles. The number of benzene rings is 3. The van der Waals surface area contributed by atoms with Gasteiger partial charge in [-0.1, -0.05) is 64.8 Å². The maximum atomic E-state index is 15.6. The van der Waals surface area contributed by atoms with Crippen molar-refractivity contribution in [1.82, 2.24) is 0 Å². The lowest BCUT2D eigenvalue weighted by atomic mass is 9.82. The van der Waals surface area contributed by atoms with Gasteiger partial charge in [-0.25, -0.2) is 13.2 Å². The van der Waals surface area contributed by atoms with Crippen molar-refractivity contribution in [2.45, 2.75) is 66.2 Å². The van der Waals surface area contributed by atoms with Gasteiger partial charge in [0.05, 0.1) is 7.11 Å². The molecule has 0 spiro atoms. The molecule has 1 N–H and O–H groups in total. The van der Waals surface area contributed by atoms with E-state index in [0.717, 1.165) is 5.92 Å². The maximum absolute atomic E-state index is 15.6. The minimum absolute atomic E-state index is 0.0232. The van der Waals surface area contributed by atoms with Crippen molar-refractivity contribution in [3.63, 3.8) is 0 Å². The summed E-state index contributed by atoms with van der Waals surface area (Å²) < 4.78 is 56.0. The Balaban J connectivity index is 0.000000960. The molecule has 39 heavy (non-hydrogen) atoms. The number of aliphatic carboxylic acids is 1. The Morgan fingerprint density at radius 3 is 2.33 bits per heavy atom. The predicted molar refractivity (Wildman–Crippen MR) is 147 cm³/mol. The lowest BCUT2D eigenvalue weighted by Crippen LogP contribution is -2.15. The third-order valence-electron chi connectivity index (χ3n) is 6.52. The Morgan fingerprint density at radius 2 is 1.74 bits per heavy atom. The van der Waals surface area contributed by atoms with Gasteiger partial charge in [-0.2, -0.15) is 0 Å². The second-order valence-corrected chi connectivity index (χ2v) is 11.1. The van der Waals surface area contributed by atoms with Crippen LogP contribution in [0.25, 0.3) is 11.1 Å². The molecule has 0 heterocycles. The van der Waals surface area contributed by atoms with Gasteiger partial charge in [0.1, 0.15) is 24.3 Å². The molecule has 1 fully saturated rings. The Labute approximate surface area is 228 Å². The van der Waals surface area contributed by atoms with Gasteiger partial charge in [-0.05, 0) is 70.3 Å². The Kier molecular flexibility index (Phi) is 10.1. The topological polar surface area (TPSA) is 55.8 Å². The summed E-state index contributed by atoms with van der Waals surface area (Å²) in [4.78, 5) is 10.8. The number of halogens is 3. The minimum atomic E-state index is -1.42. The van der Waals surface area contributed by atoms with Crippen molar-refractivity contribution in [1.29, 1.82) is 0 Å². The van der Waals surface area contributed by atoms with Crippen LogP contribution in [-0.4, -0.2) is 18.2 Å². The van der Waals surface area contributed by atoms with Crippen molar-refractivity contribution in [3.05, 3.63) is 82.9 Å². The SMILES string of the molecule is CC1CC1.COc1ccc(F)c(-c2ccc(COc3cccc(CCC(=O)O)c3F)cc2C(F)C(C)(C)C)c1. The zero-order chi connectivity index (χ0) is 28.7. The first-order valence-corrected chi connectivity index (χ1v) is 13.1. The quantitative estimate of drug-likeness (QED) is 0.294. The standard InChI is InChI=1S/C28H29F3O4.C4H8/c1-28(2,3)27(31)22-14-17(8-11-20(22)21-15-19(34-4)10-12-23(21)29)16-35-24-7-5-6-18(26(24)30)9-13-25(32)33;1-4-2-3-4/h5-8,10-12,14-15,27H,9,13,16H2,1-4H3,(H,32,33);4H,2-3H2,1H3. The number of ether oxygens (including phenoxy) is 2. The molecular weight excluding hydrogens is 505 g/mol.